The van der Waals surface area contributed by atoms with Gasteiger partial charge in [0.05, 0.1) is 18.4 Å². The largest absolute Gasteiger partial charge is 0.261 e. The van der Waals surface area contributed by atoms with Crippen molar-refractivity contribution in [3.05, 3.63) is 114 Å². The molecule has 0 saturated carbocycles. The van der Waals surface area contributed by atoms with Crippen LogP contribution < -0.4 is 5.01 Å². The van der Waals surface area contributed by atoms with Gasteiger partial charge in [0.1, 0.15) is 0 Å². The van der Waals surface area contributed by atoms with Crippen LogP contribution in [0.15, 0.2) is 108 Å². The Bertz CT molecular complexity index is 1010. The van der Waals surface area contributed by atoms with Gasteiger partial charge in [0.15, 0.2) is 0 Å². The Hall–Kier alpha value is -3.39. The molecule has 0 heterocycles. The highest BCUT2D eigenvalue weighted by Crippen LogP contribution is 2.18. The average molecular weight is 336 g/mol. The highest BCUT2D eigenvalue weighted by atomic mass is 15.4. The summed E-state index contributed by atoms with van der Waals surface area (Å²) >= 11 is 0. The van der Waals surface area contributed by atoms with E-state index in [1.165, 1.54) is 16.3 Å². The maximum Gasteiger partial charge on any atom is 0.0666 e. The van der Waals surface area contributed by atoms with Gasteiger partial charge in [0, 0.05) is 0 Å². The third kappa shape index (κ3) is 3.81. The number of benzene rings is 4. The lowest BCUT2D eigenvalue weighted by atomic mass is 10.1. The van der Waals surface area contributed by atoms with Crippen LogP contribution in [0.3, 0.4) is 0 Å². The Morgan fingerprint density at radius 2 is 1.31 bits per heavy atom. The Kier molecular flexibility index (Phi) is 4.74. The highest BCUT2D eigenvalue weighted by Gasteiger charge is 2.05. The topological polar surface area (TPSA) is 15.6 Å². The summed E-state index contributed by atoms with van der Waals surface area (Å²) in [4.78, 5) is 0. The van der Waals surface area contributed by atoms with E-state index in [-0.39, 0.29) is 0 Å². The fourth-order valence-corrected chi connectivity index (χ4v) is 2.98. The Morgan fingerprint density at radius 3 is 2.08 bits per heavy atom. The third-order valence-electron chi connectivity index (χ3n) is 4.35. The predicted molar refractivity (Wildman–Crippen MR) is 111 cm³/mol. The van der Waals surface area contributed by atoms with Crippen molar-refractivity contribution >= 4 is 22.7 Å². The van der Waals surface area contributed by atoms with Crippen LogP contribution >= 0.6 is 0 Å². The summed E-state index contributed by atoms with van der Waals surface area (Å²) in [5.74, 6) is 0. The van der Waals surface area contributed by atoms with Crippen LogP contribution in [-0.2, 0) is 6.54 Å². The van der Waals surface area contributed by atoms with Crippen molar-refractivity contribution in [2.24, 2.45) is 5.10 Å². The number of hydrogen-bond acceptors (Lipinski definition) is 2. The van der Waals surface area contributed by atoms with Gasteiger partial charge in [0.2, 0.25) is 0 Å². The molecule has 0 spiro atoms. The molecule has 0 atom stereocenters. The van der Waals surface area contributed by atoms with Crippen molar-refractivity contribution < 1.29 is 0 Å². The summed E-state index contributed by atoms with van der Waals surface area (Å²) in [7, 11) is 0. The summed E-state index contributed by atoms with van der Waals surface area (Å²) in [5.41, 5.74) is 3.40. The third-order valence-corrected chi connectivity index (χ3v) is 4.35. The summed E-state index contributed by atoms with van der Waals surface area (Å²) < 4.78 is 0. The summed E-state index contributed by atoms with van der Waals surface area (Å²) in [6, 6.07) is 35.5. The molecule has 4 aromatic rings. The molecule has 0 aromatic heterocycles. The zero-order valence-electron chi connectivity index (χ0n) is 14.5. The zero-order valence-corrected chi connectivity index (χ0v) is 14.5. The van der Waals surface area contributed by atoms with Gasteiger partial charge in [-0.2, -0.15) is 5.10 Å². The lowest BCUT2D eigenvalue weighted by molar-refractivity contribution is 0.858. The minimum Gasteiger partial charge on any atom is -0.261 e. The second kappa shape index (κ2) is 7.66. The smallest absolute Gasteiger partial charge is 0.0666 e. The standard InChI is InChI=1S/C24H20N2/c1-3-9-20(10-4-1)19-26(24-13-5-2-6-14-24)25-18-21-15-16-22-11-7-8-12-23(22)17-21/h1-18H,19H2/b25-18+. The fourth-order valence-electron chi connectivity index (χ4n) is 2.98. The van der Waals surface area contributed by atoms with E-state index in [2.05, 4.69) is 78.9 Å². The second-order valence-corrected chi connectivity index (χ2v) is 6.23. The second-order valence-electron chi connectivity index (χ2n) is 6.23. The van der Waals surface area contributed by atoms with Crippen LogP contribution in [-0.4, -0.2) is 6.21 Å². The molecule has 0 bridgehead atoms. The molecule has 0 aliphatic rings. The van der Waals surface area contributed by atoms with Crippen LogP contribution in [0.2, 0.25) is 0 Å². The number of nitrogens with zero attached hydrogens (tertiary/aromatic N) is 2. The Morgan fingerprint density at radius 1 is 0.654 bits per heavy atom. The van der Waals surface area contributed by atoms with Gasteiger partial charge in [-0.1, -0.05) is 84.9 Å². The van der Waals surface area contributed by atoms with Gasteiger partial charge >= 0.3 is 0 Å². The lowest BCUT2D eigenvalue weighted by Crippen LogP contribution is -2.15. The quantitative estimate of drug-likeness (QED) is 0.328. The van der Waals surface area contributed by atoms with E-state index in [1.807, 2.05) is 35.5 Å². The first kappa shape index (κ1) is 16.1. The molecule has 4 aromatic carbocycles. The molecule has 0 amide bonds. The zero-order chi connectivity index (χ0) is 17.6. The minimum absolute atomic E-state index is 0.731. The van der Waals surface area contributed by atoms with Crippen molar-refractivity contribution in [2.45, 2.75) is 6.54 Å². The van der Waals surface area contributed by atoms with Crippen molar-refractivity contribution in [3.8, 4) is 0 Å². The van der Waals surface area contributed by atoms with E-state index in [4.69, 9.17) is 5.10 Å². The van der Waals surface area contributed by atoms with Gasteiger partial charge in [-0.05, 0) is 40.1 Å². The van der Waals surface area contributed by atoms with E-state index in [0.29, 0.717) is 0 Å². The van der Waals surface area contributed by atoms with Gasteiger partial charge in [0.25, 0.3) is 0 Å². The number of hydrazone groups is 1. The highest BCUT2D eigenvalue weighted by molar-refractivity contribution is 5.90. The van der Waals surface area contributed by atoms with E-state index in [1.54, 1.807) is 0 Å². The van der Waals surface area contributed by atoms with Gasteiger partial charge in [-0.15, -0.1) is 0 Å². The van der Waals surface area contributed by atoms with Crippen LogP contribution in [0.4, 0.5) is 5.69 Å². The molecule has 0 fully saturated rings. The first-order valence-electron chi connectivity index (χ1n) is 8.78. The molecule has 4 rings (SSSR count). The SMILES string of the molecule is C(=N\N(Cc1ccccc1)c1ccccc1)/c1ccc2ccccc2c1. The Labute approximate surface area is 154 Å². The fraction of sp³-hybridized carbons (Fsp3) is 0.0417. The normalized spacial score (nSPS) is 11.1. The molecule has 0 unspecified atom stereocenters. The van der Waals surface area contributed by atoms with Gasteiger partial charge in [-0.3, -0.25) is 5.01 Å². The van der Waals surface area contributed by atoms with Gasteiger partial charge in [-0.25, -0.2) is 0 Å². The lowest BCUT2D eigenvalue weighted by Gasteiger charge is -2.19. The van der Waals surface area contributed by atoms with Crippen molar-refractivity contribution in [1.82, 2.24) is 0 Å². The van der Waals surface area contributed by atoms with Crippen molar-refractivity contribution in [1.29, 1.82) is 0 Å². The maximum atomic E-state index is 4.77. The number of fused-ring (bicyclic) bond motifs is 1. The molecule has 0 saturated heterocycles. The molecule has 0 aliphatic carbocycles. The van der Waals surface area contributed by atoms with Crippen molar-refractivity contribution in [2.75, 3.05) is 5.01 Å². The predicted octanol–water partition coefficient (Wildman–Crippen LogP) is 5.88. The Balaban J connectivity index is 1.63. The van der Waals surface area contributed by atoms with Crippen LogP contribution in [0.25, 0.3) is 10.8 Å². The molecule has 0 radical (unpaired) electrons. The first-order chi connectivity index (χ1) is 12.9. The van der Waals surface area contributed by atoms with Crippen LogP contribution in [0, 0.1) is 0 Å². The monoisotopic (exact) mass is 336 g/mol. The molecule has 2 nitrogen and oxygen atoms in total. The van der Waals surface area contributed by atoms with Crippen LogP contribution in [0.5, 0.6) is 0 Å². The first-order valence-corrected chi connectivity index (χ1v) is 8.78. The summed E-state index contributed by atoms with van der Waals surface area (Å²) in [5, 5.41) is 9.28. The minimum atomic E-state index is 0.731. The van der Waals surface area contributed by atoms with Gasteiger partial charge < -0.3 is 0 Å². The van der Waals surface area contributed by atoms with Crippen LogP contribution in [0.1, 0.15) is 11.1 Å². The molecular weight excluding hydrogens is 316 g/mol. The molecule has 0 N–H and O–H groups in total. The molecule has 126 valence electrons. The molecule has 26 heavy (non-hydrogen) atoms. The van der Waals surface area contributed by atoms with E-state index in [0.717, 1.165) is 17.8 Å². The molecule has 2 heteroatoms. The molecular formula is C24H20N2. The number of hydrogen-bond donors (Lipinski definition) is 0. The maximum absolute atomic E-state index is 4.77. The number of para-hydroxylation sites is 1. The van der Waals surface area contributed by atoms with E-state index in [9.17, 15) is 0 Å². The molecule has 0 aliphatic heterocycles. The summed E-state index contributed by atoms with van der Waals surface area (Å²) in [6.45, 7) is 0.731. The van der Waals surface area contributed by atoms with E-state index >= 15 is 0 Å². The van der Waals surface area contributed by atoms with Crippen molar-refractivity contribution in [3.63, 3.8) is 0 Å². The average Bonchev–Trinajstić information content (AvgIpc) is 2.72. The summed E-state index contributed by atoms with van der Waals surface area (Å²) in [6.07, 6.45) is 1.93. The number of anilines is 1. The number of rotatable bonds is 5. The van der Waals surface area contributed by atoms with E-state index < -0.39 is 0 Å².